The molecule has 0 radical (unpaired) electrons. The third kappa shape index (κ3) is 41.2. The first-order valence-electron chi connectivity index (χ1n) is 38.4. The molecule has 2 rings (SSSR count). The fourth-order valence-corrected chi connectivity index (χ4v) is 11.9. The predicted octanol–water partition coefficient (Wildman–Crippen LogP) is 2.52. The van der Waals surface area contributed by atoms with Gasteiger partial charge in [0.2, 0.25) is 29.5 Å². The number of benzene rings is 1. The summed E-state index contributed by atoms with van der Waals surface area (Å²) in [4.78, 5) is 134. The maximum absolute atomic E-state index is 14.5. The molecule has 0 spiro atoms. The number of rotatable bonds is 55. The lowest BCUT2D eigenvalue weighted by atomic mass is 9.89. The zero-order valence-electron chi connectivity index (χ0n) is 69.2. The van der Waals surface area contributed by atoms with Gasteiger partial charge in [-0.1, -0.05) is 106 Å². The number of likely N-dealkylation sites (N-methyl/N-ethyl adjacent to an activating group) is 2. The molecule has 1 aromatic carbocycles. The molecule has 0 bridgehead atoms. The van der Waals surface area contributed by atoms with Crippen LogP contribution in [0.3, 0.4) is 0 Å². The maximum atomic E-state index is 14.5. The molecule has 6 unspecified atom stereocenters. The summed E-state index contributed by atoms with van der Waals surface area (Å²) in [6.07, 6.45) is -2.40. The molecule has 0 saturated carbocycles. The van der Waals surface area contributed by atoms with E-state index in [0.717, 1.165) is 5.56 Å². The molecule has 1 aliphatic heterocycles. The van der Waals surface area contributed by atoms with Crippen LogP contribution in [0.4, 0.5) is 9.59 Å². The van der Waals surface area contributed by atoms with Gasteiger partial charge in [0.1, 0.15) is 25.3 Å². The number of aliphatic hydroxyl groups is 4. The van der Waals surface area contributed by atoms with E-state index in [1.165, 1.54) is 42.5 Å². The Balaban J connectivity index is 0.00000333. The summed E-state index contributed by atoms with van der Waals surface area (Å²) in [5.41, 5.74) is 0.832. The van der Waals surface area contributed by atoms with Crippen LogP contribution in [0, 0.1) is 23.7 Å². The fraction of sp³-hybridized carbons (Fsp3) is 0.789. The molecular weight excluding hydrogens is 1450 g/mol. The van der Waals surface area contributed by atoms with E-state index < -0.39 is 115 Å². The number of alkyl carbamates (subject to hydrolysis) is 2. The molecule has 16 atom stereocenters. The van der Waals surface area contributed by atoms with Crippen molar-refractivity contribution in [3.05, 3.63) is 35.9 Å². The van der Waals surface area contributed by atoms with Gasteiger partial charge in [-0.2, -0.15) is 0 Å². The minimum absolute atomic E-state index is 0.00465. The molecule has 0 aromatic heterocycles. The Labute approximate surface area is 656 Å². The van der Waals surface area contributed by atoms with Crippen molar-refractivity contribution in [2.24, 2.45) is 23.7 Å². The van der Waals surface area contributed by atoms with E-state index in [1.807, 2.05) is 112 Å². The third-order valence-electron chi connectivity index (χ3n) is 18.6. The first-order chi connectivity index (χ1) is 52.7. The van der Waals surface area contributed by atoms with Crippen molar-refractivity contribution in [3.8, 4) is 0 Å². The summed E-state index contributed by atoms with van der Waals surface area (Å²) >= 11 is 0. The lowest BCUT2D eigenvalue weighted by Gasteiger charge is -2.41. The Kier molecular flexibility index (Phi) is 56.1. The average molecular weight is 1590 g/mol. The van der Waals surface area contributed by atoms with E-state index >= 15 is 0 Å². The first-order valence-corrected chi connectivity index (χ1v) is 38.4. The Morgan fingerprint density at radius 1 is 0.604 bits per heavy atom. The monoisotopic (exact) mass is 1590 g/mol. The number of hydrogen-bond acceptors (Lipinski definition) is 27. The Bertz CT molecular complexity index is 2750. The minimum Gasteiger partial charge on any atom is -0.481 e. The van der Waals surface area contributed by atoms with E-state index in [4.69, 9.17) is 72.5 Å². The summed E-state index contributed by atoms with van der Waals surface area (Å²) < 4.78 is 58.1. The highest BCUT2D eigenvalue weighted by molar-refractivity contribution is 5.92. The van der Waals surface area contributed by atoms with Gasteiger partial charge in [0, 0.05) is 68.7 Å². The van der Waals surface area contributed by atoms with Crippen molar-refractivity contribution >= 4 is 59.4 Å². The molecule has 35 heteroatoms. The number of amides is 7. The van der Waals surface area contributed by atoms with Crippen molar-refractivity contribution in [2.45, 2.75) is 232 Å². The number of carboxylic acid groups (broad SMARTS) is 1. The molecule has 0 aliphatic carbocycles. The number of carboxylic acids is 1. The van der Waals surface area contributed by atoms with E-state index in [-0.39, 0.29) is 145 Å². The van der Waals surface area contributed by atoms with Gasteiger partial charge < -0.3 is 119 Å². The number of carbonyl (C=O) groups is 10. The summed E-state index contributed by atoms with van der Waals surface area (Å²) in [6.45, 7) is 20.0. The fourth-order valence-electron chi connectivity index (χ4n) is 11.9. The van der Waals surface area contributed by atoms with Gasteiger partial charge in [0.05, 0.1) is 113 Å². The van der Waals surface area contributed by atoms with E-state index in [0.29, 0.717) is 58.0 Å². The standard InChI is InChI=1S/C58H100N8O15.C11H21NO7.C7H16O4/c1-16-38(7)52(65(12)56(73)50(36(3)4)63-55(72)51(37(5)6)64(10)11)46(76-13)32-48(70)66-29-21-25-44(66)53(78-15)39(8)54(71)62-43(31-41-23-19-18-20-24-41)45(68)33-59-27-22-30-79-57(74)40(9)61-47(69)26-28-60-58(75)80-35-49(77-14)81-42(17-2)34-67;1-3-8(6-13)19-10(17-2)7-18-11(16)12-5-4-9(14)15;1-3-6(4-8)11-7(5-9)10-2/h18-20,23-24,36-40,42-44,46,49-53,59,67H,16-17,21-22,25-35H2,1-15H3,(H,60,75)(H,61,69)(H,62,71)(H,63,72);8,10,13H,3-7H2,1-2H3,(H,12,16)(H,14,15);6-9H,3-5H2,1-2H3/t38-,39+,40-,42?,43-,44-,46+,49?,50-,51-,52-,53+;;/m0../s1. The smallest absolute Gasteiger partial charge is 0.407 e. The van der Waals surface area contributed by atoms with Gasteiger partial charge in [0.15, 0.2) is 24.7 Å². The number of nitrogens with one attached hydrogen (secondary N) is 6. The van der Waals surface area contributed by atoms with E-state index in [2.05, 4.69) is 31.9 Å². The van der Waals surface area contributed by atoms with Gasteiger partial charge >= 0.3 is 24.1 Å². The number of aliphatic carboxylic acids is 1. The summed E-state index contributed by atoms with van der Waals surface area (Å²) in [5.74, 6) is -4.70. The number of aliphatic hydroxyl groups excluding tert-OH is 4. The quantitative estimate of drug-likeness (QED) is 0.0193. The Morgan fingerprint density at radius 3 is 1.59 bits per heavy atom. The normalized spacial score (nSPS) is 16.8. The number of esters is 1. The van der Waals surface area contributed by atoms with Gasteiger partial charge in [-0.25, -0.2) is 14.4 Å². The summed E-state index contributed by atoms with van der Waals surface area (Å²) in [5, 5.41) is 60.3. The van der Waals surface area contributed by atoms with Crippen molar-refractivity contribution in [1.82, 2.24) is 46.6 Å². The number of nitrogens with zero attached hydrogens (tertiary/aromatic N) is 3. The van der Waals surface area contributed by atoms with E-state index in [9.17, 15) is 53.1 Å². The number of methoxy groups -OCH3 is 5. The zero-order chi connectivity index (χ0) is 84.3. The van der Waals surface area contributed by atoms with Gasteiger partial charge in [-0.05, 0) is 95.8 Å². The molecule has 7 amide bonds. The topological polar surface area (TPSA) is 455 Å². The molecule has 1 aliphatic rings. The Morgan fingerprint density at radius 2 is 1.14 bits per heavy atom. The van der Waals surface area contributed by atoms with Crippen LogP contribution in [-0.2, 0) is 96.9 Å². The molecule has 111 heavy (non-hydrogen) atoms. The highest BCUT2D eigenvalue weighted by Gasteiger charge is 2.44. The lowest BCUT2D eigenvalue weighted by molar-refractivity contribution is -0.181. The third-order valence-corrected chi connectivity index (χ3v) is 18.6. The van der Waals surface area contributed by atoms with Crippen LogP contribution in [0.25, 0.3) is 0 Å². The predicted molar refractivity (Wildman–Crippen MR) is 410 cm³/mol. The number of Topliss-reactive ketones (excluding diaryl/α,β-unsaturated/α-hetero) is 1. The molecular formula is C76H137N9O26. The molecule has 1 heterocycles. The van der Waals surface area contributed by atoms with Gasteiger partial charge in [0.25, 0.3) is 0 Å². The number of carbonyl (C=O) groups excluding carboxylic acids is 9. The van der Waals surface area contributed by atoms with Crippen LogP contribution in [0.15, 0.2) is 30.3 Å². The van der Waals surface area contributed by atoms with Crippen molar-refractivity contribution in [3.63, 3.8) is 0 Å². The molecule has 1 fully saturated rings. The van der Waals surface area contributed by atoms with Crippen LogP contribution in [0.5, 0.6) is 0 Å². The van der Waals surface area contributed by atoms with Crippen LogP contribution in [0.2, 0.25) is 0 Å². The number of hydrogen-bond donors (Lipinski definition) is 11. The van der Waals surface area contributed by atoms with Crippen molar-refractivity contribution < 1.29 is 126 Å². The Hall–Kier alpha value is -6.84. The summed E-state index contributed by atoms with van der Waals surface area (Å²) in [7, 11) is 12.6. The van der Waals surface area contributed by atoms with Crippen LogP contribution < -0.4 is 31.9 Å². The zero-order valence-corrected chi connectivity index (χ0v) is 69.2. The second-order valence-corrected chi connectivity index (χ2v) is 27.8. The number of likely N-dealkylation sites (tertiary alicyclic amines) is 1. The highest BCUT2D eigenvalue weighted by atomic mass is 16.7. The maximum Gasteiger partial charge on any atom is 0.407 e. The number of ketones is 1. The molecule has 1 saturated heterocycles. The van der Waals surface area contributed by atoms with Crippen LogP contribution in [0.1, 0.15) is 146 Å². The van der Waals surface area contributed by atoms with E-state index in [1.54, 1.807) is 23.8 Å². The van der Waals surface area contributed by atoms with Crippen molar-refractivity contribution in [2.75, 3.05) is 136 Å². The van der Waals surface area contributed by atoms with Crippen LogP contribution >= 0.6 is 0 Å². The number of ether oxygens (including phenoxy) is 11. The first kappa shape index (κ1) is 104. The minimum atomic E-state index is -1.01. The van der Waals surface area contributed by atoms with Crippen molar-refractivity contribution in [1.29, 1.82) is 0 Å². The summed E-state index contributed by atoms with van der Waals surface area (Å²) in [6, 6.07) is 5.16. The average Bonchev–Trinajstić information content (AvgIpc) is 1.80. The lowest BCUT2D eigenvalue weighted by Crippen LogP contribution is -2.59. The van der Waals surface area contributed by atoms with Crippen LogP contribution in [-0.4, -0.2) is 321 Å². The molecule has 1 aromatic rings. The molecule has 11 N–H and O–H groups in total. The highest BCUT2D eigenvalue weighted by Crippen LogP contribution is 2.30. The molecule has 642 valence electrons. The second-order valence-electron chi connectivity index (χ2n) is 27.8. The second kappa shape index (κ2) is 59.8. The van der Waals surface area contributed by atoms with Gasteiger partial charge in [-0.15, -0.1) is 0 Å². The molecule has 35 nitrogen and oxygen atoms in total. The largest absolute Gasteiger partial charge is 0.481 e. The van der Waals surface area contributed by atoms with Gasteiger partial charge in [-0.3, -0.25) is 38.5 Å². The SMILES string of the molecule is CCC(CO)OC(CO)OC.CCC(CO)OC(COC(=O)NCCC(=O)N[C@@H](C)C(=O)OCCCNCC(=O)[C@H](Cc1ccccc1)NC(=O)[C@H](C)[C@@H](OC)[C@@H]1CCCN1C(=O)C[C@@H](OC)[C@H]([C@@H](C)CC)N(C)C(=O)[C@@H](NC(=O)[C@H](C(C)C)N(C)C)C(C)C)OC.CCC(CO)OC(COC(=O)NCCC(=O)O)OC.